The lowest BCUT2D eigenvalue weighted by molar-refractivity contribution is -0.386. The van der Waals surface area contributed by atoms with Gasteiger partial charge in [0.25, 0.3) is 0 Å². The molecule has 2 rings (SSSR count). The Balaban J connectivity index is 2.06. The quantitative estimate of drug-likeness (QED) is 0.662. The Morgan fingerprint density at radius 3 is 2.85 bits per heavy atom. The van der Waals surface area contributed by atoms with Gasteiger partial charge in [-0.1, -0.05) is 0 Å². The fourth-order valence-electron chi connectivity index (χ4n) is 2.30. The molecule has 1 aromatic rings. The fourth-order valence-corrected chi connectivity index (χ4v) is 2.30. The molecule has 110 valence electrons. The Morgan fingerprint density at radius 1 is 1.55 bits per heavy atom. The highest BCUT2D eigenvalue weighted by Crippen LogP contribution is 2.32. The minimum atomic E-state index is -0.490. The molecule has 0 bridgehead atoms. The first-order chi connectivity index (χ1) is 9.41. The summed E-state index contributed by atoms with van der Waals surface area (Å²) in [4.78, 5) is 10.5. The molecular weight excluding hydrogens is 262 g/mol. The molecule has 1 aromatic carbocycles. The van der Waals surface area contributed by atoms with Crippen LogP contribution in [0.3, 0.4) is 0 Å². The third-order valence-corrected chi connectivity index (χ3v) is 3.38. The third-order valence-electron chi connectivity index (χ3n) is 3.38. The van der Waals surface area contributed by atoms with E-state index >= 15 is 0 Å². The van der Waals surface area contributed by atoms with E-state index in [1.165, 1.54) is 18.2 Å². The Kier molecular flexibility index (Phi) is 4.25. The molecular formula is C14H19NO5. The molecule has 0 radical (unpaired) electrons. The van der Waals surface area contributed by atoms with Crippen LogP contribution in [0.25, 0.3) is 0 Å². The van der Waals surface area contributed by atoms with E-state index < -0.39 is 4.92 Å². The van der Waals surface area contributed by atoms with E-state index in [1.54, 1.807) is 0 Å². The van der Waals surface area contributed by atoms with Gasteiger partial charge in [-0.3, -0.25) is 10.1 Å². The van der Waals surface area contributed by atoms with E-state index in [-0.39, 0.29) is 36.4 Å². The number of nitrogens with zero attached hydrogens (tertiary/aromatic N) is 1. The summed E-state index contributed by atoms with van der Waals surface area (Å²) in [6, 6.07) is 4.36. The Labute approximate surface area is 117 Å². The van der Waals surface area contributed by atoms with Gasteiger partial charge in [0.15, 0.2) is 5.75 Å². The second-order valence-corrected chi connectivity index (χ2v) is 5.57. The van der Waals surface area contributed by atoms with Crippen molar-refractivity contribution in [2.45, 2.75) is 45.0 Å². The highest BCUT2D eigenvalue weighted by atomic mass is 16.6. The van der Waals surface area contributed by atoms with Gasteiger partial charge in [0.2, 0.25) is 0 Å². The largest absolute Gasteiger partial charge is 0.484 e. The second-order valence-electron chi connectivity index (χ2n) is 5.57. The molecule has 1 unspecified atom stereocenters. The van der Waals surface area contributed by atoms with Crippen LogP contribution in [0.15, 0.2) is 18.2 Å². The predicted molar refractivity (Wildman–Crippen MR) is 72.7 cm³/mol. The molecule has 1 fully saturated rings. The minimum Gasteiger partial charge on any atom is -0.484 e. The zero-order valence-electron chi connectivity index (χ0n) is 11.7. The lowest BCUT2D eigenvalue weighted by atomic mass is 10.1. The van der Waals surface area contributed by atoms with E-state index in [9.17, 15) is 10.1 Å². The van der Waals surface area contributed by atoms with Gasteiger partial charge < -0.3 is 14.6 Å². The zero-order chi connectivity index (χ0) is 14.8. The summed E-state index contributed by atoms with van der Waals surface area (Å²) in [5.74, 6) is 0.176. The molecule has 0 aliphatic carbocycles. The average molecular weight is 281 g/mol. The van der Waals surface area contributed by atoms with Gasteiger partial charge in [-0.2, -0.15) is 0 Å². The number of rotatable bonds is 5. The highest BCUT2D eigenvalue weighted by Gasteiger charge is 2.32. The molecule has 6 nitrogen and oxygen atoms in total. The molecule has 0 saturated carbocycles. The van der Waals surface area contributed by atoms with Gasteiger partial charge in [0.05, 0.1) is 23.2 Å². The molecule has 0 amide bonds. The van der Waals surface area contributed by atoms with Crippen LogP contribution in [0.2, 0.25) is 0 Å². The number of nitro benzene ring substituents is 1. The average Bonchev–Trinajstić information content (AvgIpc) is 2.75. The SMILES string of the molecule is CC1(C)CCC(COc2cc(CO)ccc2[N+](=O)[O-])O1. The summed E-state index contributed by atoms with van der Waals surface area (Å²) < 4.78 is 11.3. The van der Waals surface area contributed by atoms with Gasteiger partial charge in [-0.15, -0.1) is 0 Å². The van der Waals surface area contributed by atoms with E-state index in [1.807, 2.05) is 13.8 Å². The number of aliphatic hydroxyl groups excluding tert-OH is 1. The van der Waals surface area contributed by atoms with Crippen LogP contribution in [0.5, 0.6) is 5.75 Å². The van der Waals surface area contributed by atoms with Crippen molar-refractivity contribution in [2.24, 2.45) is 0 Å². The van der Waals surface area contributed by atoms with Crippen LogP contribution >= 0.6 is 0 Å². The smallest absolute Gasteiger partial charge is 0.310 e. The molecule has 1 aliphatic heterocycles. The van der Waals surface area contributed by atoms with Crippen LogP contribution in [-0.2, 0) is 11.3 Å². The maximum absolute atomic E-state index is 11.0. The minimum absolute atomic E-state index is 0.0533. The molecule has 1 saturated heterocycles. The lowest BCUT2D eigenvalue weighted by Crippen LogP contribution is -2.24. The summed E-state index contributed by atoms with van der Waals surface area (Å²) in [6.45, 7) is 4.13. The number of hydrogen-bond acceptors (Lipinski definition) is 5. The fraction of sp³-hybridized carbons (Fsp3) is 0.571. The molecule has 6 heteroatoms. The zero-order valence-corrected chi connectivity index (χ0v) is 11.7. The predicted octanol–water partition coefficient (Wildman–Crippen LogP) is 2.42. The number of hydrogen-bond donors (Lipinski definition) is 1. The van der Waals surface area contributed by atoms with Crippen molar-refractivity contribution in [1.29, 1.82) is 0 Å². The lowest BCUT2D eigenvalue weighted by Gasteiger charge is -2.19. The van der Waals surface area contributed by atoms with Crippen molar-refractivity contribution >= 4 is 5.69 Å². The summed E-state index contributed by atoms with van der Waals surface area (Å²) >= 11 is 0. The standard InChI is InChI=1S/C14H19NO5/c1-14(2)6-5-11(20-14)9-19-13-7-10(8-16)3-4-12(13)15(17)18/h3-4,7,11,16H,5-6,8-9H2,1-2H3. The summed E-state index contributed by atoms with van der Waals surface area (Å²) in [5, 5.41) is 20.0. The van der Waals surface area contributed by atoms with Gasteiger partial charge in [0, 0.05) is 6.07 Å². The molecule has 1 N–H and O–H groups in total. The second kappa shape index (κ2) is 5.76. The van der Waals surface area contributed by atoms with Crippen molar-refractivity contribution in [2.75, 3.05) is 6.61 Å². The maximum atomic E-state index is 11.0. The highest BCUT2D eigenvalue weighted by molar-refractivity contribution is 5.48. The first-order valence-electron chi connectivity index (χ1n) is 6.60. The normalized spacial score (nSPS) is 20.9. The number of nitro groups is 1. The van der Waals surface area contributed by atoms with Crippen LogP contribution in [-0.4, -0.2) is 28.3 Å². The van der Waals surface area contributed by atoms with Crippen LogP contribution in [0, 0.1) is 10.1 Å². The van der Waals surface area contributed by atoms with E-state index in [4.69, 9.17) is 14.6 Å². The van der Waals surface area contributed by atoms with Crippen LogP contribution in [0.1, 0.15) is 32.3 Å². The monoisotopic (exact) mass is 281 g/mol. The van der Waals surface area contributed by atoms with Crippen molar-refractivity contribution in [1.82, 2.24) is 0 Å². The van der Waals surface area contributed by atoms with Crippen molar-refractivity contribution < 1.29 is 19.5 Å². The van der Waals surface area contributed by atoms with Gasteiger partial charge in [0.1, 0.15) is 6.61 Å². The van der Waals surface area contributed by atoms with Gasteiger partial charge >= 0.3 is 5.69 Å². The molecule has 20 heavy (non-hydrogen) atoms. The Morgan fingerprint density at radius 2 is 2.30 bits per heavy atom. The Bertz CT molecular complexity index is 500. The van der Waals surface area contributed by atoms with Crippen LogP contribution in [0.4, 0.5) is 5.69 Å². The summed E-state index contributed by atoms with van der Waals surface area (Å²) in [5.41, 5.74) is 0.324. The van der Waals surface area contributed by atoms with E-state index in [0.29, 0.717) is 5.56 Å². The maximum Gasteiger partial charge on any atom is 0.310 e. The summed E-state index contributed by atoms with van der Waals surface area (Å²) in [7, 11) is 0. The van der Waals surface area contributed by atoms with Crippen LogP contribution < -0.4 is 4.74 Å². The molecule has 0 spiro atoms. The molecule has 1 atom stereocenters. The third kappa shape index (κ3) is 3.46. The Hall–Kier alpha value is -1.66. The first kappa shape index (κ1) is 14.7. The van der Waals surface area contributed by atoms with Gasteiger partial charge in [-0.05, 0) is 44.4 Å². The van der Waals surface area contributed by atoms with Gasteiger partial charge in [-0.25, -0.2) is 0 Å². The molecule has 1 aliphatic rings. The number of aliphatic hydroxyl groups is 1. The first-order valence-corrected chi connectivity index (χ1v) is 6.60. The topological polar surface area (TPSA) is 81.8 Å². The van der Waals surface area contributed by atoms with Crippen molar-refractivity contribution in [3.63, 3.8) is 0 Å². The van der Waals surface area contributed by atoms with E-state index in [0.717, 1.165) is 12.8 Å². The number of benzene rings is 1. The van der Waals surface area contributed by atoms with Crippen molar-refractivity contribution in [3.8, 4) is 5.75 Å². The van der Waals surface area contributed by atoms with Crippen molar-refractivity contribution in [3.05, 3.63) is 33.9 Å². The molecule has 0 aromatic heterocycles. The molecule has 1 heterocycles. The number of ether oxygens (including phenoxy) is 2. The van der Waals surface area contributed by atoms with E-state index in [2.05, 4.69) is 0 Å². The summed E-state index contributed by atoms with van der Waals surface area (Å²) in [6.07, 6.45) is 1.77.